The first-order valence-corrected chi connectivity index (χ1v) is 9.48. The van der Waals surface area contributed by atoms with Crippen molar-refractivity contribution < 1.29 is 9.59 Å². The number of hydrogen-bond donors (Lipinski definition) is 2. The smallest absolute Gasteiger partial charge is 0.242 e. The molecule has 1 unspecified atom stereocenters. The highest BCUT2D eigenvalue weighted by molar-refractivity contribution is 7.09. The fraction of sp³-hybridized carbons (Fsp3) is 0.368. The molecule has 1 saturated heterocycles. The average molecular weight is 357 g/mol. The highest BCUT2D eigenvalue weighted by Gasteiger charge is 2.22. The van der Waals surface area contributed by atoms with Gasteiger partial charge in [0.05, 0.1) is 0 Å². The molecule has 1 aromatic carbocycles. The molecule has 2 N–H and O–H groups in total. The number of anilines is 2. The SMILES string of the molecule is CC(Nc1cccc(N2CCCC2=O)c1)C(=O)NCCc1cccs1. The number of hydrogen-bond acceptors (Lipinski definition) is 4. The van der Waals surface area contributed by atoms with Gasteiger partial charge in [-0.1, -0.05) is 12.1 Å². The van der Waals surface area contributed by atoms with Crippen LogP contribution in [0.5, 0.6) is 0 Å². The predicted octanol–water partition coefficient (Wildman–Crippen LogP) is 3.03. The van der Waals surface area contributed by atoms with Gasteiger partial charge in [0.15, 0.2) is 0 Å². The molecule has 1 fully saturated rings. The van der Waals surface area contributed by atoms with E-state index in [1.807, 2.05) is 42.6 Å². The van der Waals surface area contributed by atoms with Gasteiger partial charge in [0.2, 0.25) is 11.8 Å². The van der Waals surface area contributed by atoms with Crippen LogP contribution in [0.15, 0.2) is 41.8 Å². The summed E-state index contributed by atoms with van der Waals surface area (Å²) in [5.74, 6) is 0.135. The third-order valence-electron chi connectivity index (χ3n) is 4.26. The summed E-state index contributed by atoms with van der Waals surface area (Å²) in [6, 6.07) is 11.4. The zero-order valence-electron chi connectivity index (χ0n) is 14.3. The molecule has 5 nitrogen and oxygen atoms in total. The molecule has 0 aliphatic carbocycles. The lowest BCUT2D eigenvalue weighted by molar-refractivity contribution is -0.121. The van der Waals surface area contributed by atoms with E-state index < -0.39 is 0 Å². The fourth-order valence-corrected chi connectivity index (χ4v) is 3.63. The van der Waals surface area contributed by atoms with Crippen LogP contribution in [-0.2, 0) is 16.0 Å². The van der Waals surface area contributed by atoms with E-state index in [1.54, 1.807) is 16.2 Å². The first-order valence-electron chi connectivity index (χ1n) is 8.60. The van der Waals surface area contributed by atoms with Crippen molar-refractivity contribution in [3.05, 3.63) is 46.7 Å². The van der Waals surface area contributed by atoms with Crippen LogP contribution in [0.1, 0.15) is 24.6 Å². The van der Waals surface area contributed by atoms with Crippen LogP contribution in [0.25, 0.3) is 0 Å². The Balaban J connectivity index is 1.52. The number of benzene rings is 1. The number of rotatable bonds is 7. The Labute approximate surface area is 152 Å². The maximum Gasteiger partial charge on any atom is 0.242 e. The lowest BCUT2D eigenvalue weighted by Crippen LogP contribution is -2.38. The molecule has 1 atom stereocenters. The molecule has 6 heteroatoms. The molecule has 2 aromatic rings. The van der Waals surface area contributed by atoms with Gasteiger partial charge in [0.25, 0.3) is 0 Å². The third-order valence-corrected chi connectivity index (χ3v) is 5.19. The molecule has 0 radical (unpaired) electrons. The highest BCUT2D eigenvalue weighted by Crippen LogP contribution is 2.24. The molecule has 2 heterocycles. The second-order valence-electron chi connectivity index (χ2n) is 6.19. The number of nitrogens with zero attached hydrogens (tertiary/aromatic N) is 1. The van der Waals surface area contributed by atoms with Crippen molar-refractivity contribution in [3.8, 4) is 0 Å². The van der Waals surface area contributed by atoms with E-state index in [1.165, 1.54) is 4.88 Å². The van der Waals surface area contributed by atoms with Crippen molar-refractivity contribution in [2.24, 2.45) is 0 Å². The number of nitrogens with one attached hydrogen (secondary N) is 2. The summed E-state index contributed by atoms with van der Waals surface area (Å²) in [4.78, 5) is 27.2. The minimum absolute atomic E-state index is 0.0285. The van der Waals surface area contributed by atoms with E-state index in [4.69, 9.17) is 0 Å². The minimum Gasteiger partial charge on any atom is -0.374 e. The molecule has 1 aliphatic heterocycles. The average Bonchev–Trinajstić information content (AvgIpc) is 3.26. The van der Waals surface area contributed by atoms with Gasteiger partial charge in [-0.3, -0.25) is 9.59 Å². The maximum atomic E-state index is 12.2. The predicted molar refractivity (Wildman–Crippen MR) is 102 cm³/mol. The summed E-state index contributed by atoms with van der Waals surface area (Å²) >= 11 is 1.70. The highest BCUT2D eigenvalue weighted by atomic mass is 32.1. The molecule has 1 aromatic heterocycles. The van der Waals surface area contributed by atoms with Gasteiger partial charge in [-0.05, 0) is 49.4 Å². The molecular weight excluding hydrogens is 334 g/mol. The number of carbonyl (C=O) groups excluding carboxylic acids is 2. The Morgan fingerprint density at radius 2 is 2.20 bits per heavy atom. The Hall–Kier alpha value is -2.34. The molecule has 1 aliphatic rings. The van der Waals surface area contributed by atoms with Crippen LogP contribution in [0.4, 0.5) is 11.4 Å². The fourth-order valence-electron chi connectivity index (χ4n) is 2.92. The summed E-state index contributed by atoms with van der Waals surface area (Å²) in [6.07, 6.45) is 2.36. The van der Waals surface area contributed by atoms with Gasteiger partial charge in [-0.25, -0.2) is 0 Å². The molecule has 0 saturated carbocycles. The summed E-state index contributed by atoms with van der Waals surface area (Å²) in [6.45, 7) is 3.24. The number of carbonyl (C=O) groups is 2. The van der Waals surface area contributed by atoms with Gasteiger partial charge in [-0.2, -0.15) is 0 Å². The standard InChI is InChI=1S/C19H23N3O2S/c1-14(19(24)20-10-9-17-7-4-12-25-17)21-15-5-2-6-16(13-15)22-11-3-8-18(22)23/h2,4-7,12-14,21H,3,8-11H2,1H3,(H,20,24). The van der Waals surface area contributed by atoms with Crippen molar-refractivity contribution in [3.63, 3.8) is 0 Å². The zero-order chi connectivity index (χ0) is 17.6. The van der Waals surface area contributed by atoms with E-state index in [-0.39, 0.29) is 17.9 Å². The normalized spacial score (nSPS) is 15.2. The Morgan fingerprint density at radius 1 is 1.32 bits per heavy atom. The molecule has 0 spiro atoms. The van der Waals surface area contributed by atoms with Crippen LogP contribution in [-0.4, -0.2) is 30.9 Å². The van der Waals surface area contributed by atoms with E-state index in [2.05, 4.69) is 16.7 Å². The number of amides is 2. The molecule has 0 bridgehead atoms. The molecule has 3 rings (SSSR count). The van der Waals surface area contributed by atoms with Crippen LogP contribution in [0, 0.1) is 0 Å². The largest absolute Gasteiger partial charge is 0.374 e. The Kier molecular flexibility index (Phi) is 5.71. The second-order valence-corrected chi connectivity index (χ2v) is 7.22. The second kappa shape index (κ2) is 8.16. The topological polar surface area (TPSA) is 61.4 Å². The monoisotopic (exact) mass is 357 g/mol. The van der Waals surface area contributed by atoms with E-state index >= 15 is 0 Å². The lowest BCUT2D eigenvalue weighted by Gasteiger charge is -2.19. The quantitative estimate of drug-likeness (QED) is 0.801. The van der Waals surface area contributed by atoms with E-state index in [9.17, 15) is 9.59 Å². The number of thiophene rings is 1. The Morgan fingerprint density at radius 3 is 2.92 bits per heavy atom. The van der Waals surface area contributed by atoms with Gasteiger partial charge >= 0.3 is 0 Å². The van der Waals surface area contributed by atoms with Crippen molar-refractivity contribution in [2.75, 3.05) is 23.3 Å². The summed E-state index contributed by atoms with van der Waals surface area (Å²) in [7, 11) is 0. The van der Waals surface area contributed by atoms with Crippen LogP contribution >= 0.6 is 11.3 Å². The van der Waals surface area contributed by atoms with Crippen LogP contribution in [0.2, 0.25) is 0 Å². The van der Waals surface area contributed by atoms with Crippen molar-refractivity contribution in [1.82, 2.24) is 5.32 Å². The molecular formula is C19H23N3O2S. The third kappa shape index (κ3) is 4.60. The zero-order valence-corrected chi connectivity index (χ0v) is 15.1. The Bertz CT molecular complexity index is 730. The molecule has 132 valence electrons. The van der Waals surface area contributed by atoms with E-state index in [0.717, 1.165) is 30.8 Å². The lowest BCUT2D eigenvalue weighted by atomic mass is 10.2. The first kappa shape index (κ1) is 17.5. The molecule has 25 heavy (non-hydrogen) atoms. The summed E-state index contributed by atoms with van der Waals surface area (Å²) in [5, 5.41) is 8.22. The molecule has 2 amide bonds. The van der Waals surface area contributed by atoms with E-state index in [0.29, 0.717) is 13.0 Å². The minimum atomic E-state index is -0.340. The summed E-state index contributed by atoms with van der Waals surface area (Å²) < 4.78 is 0. The summed E-state index contributed by atoms with van der Waals surface area (Å²) in [5.41, 5.74) is 1.73. The van der Waals surface area contributed by atoms with Gasteiger partial charge < -0.3 is 15.5 Å². The first-order chi connectivity index (χ1) is 12.1. The van der Waals surface area contributed by atoms with Crippen molar-refractivity contribution in [1.29, 1.82) is 0 Å². The van der Waals surface area contributed by atoms with Gasteiger partial charge in [0.1, 0.15) is 6.04 Å². The van der Waals surface area contributed by atoms with Crippen molar-refractivity contribution >= 4 is 34.5 Å². The van der Waals surface area contributed by atoms with Crippen LogP contribution in [0.3, 0.4) is 0 Å². The van der Waals surface area contributed by atoms with Gasteiger partial charge in [0, 0.05) is 35.8 Å². The van der Waals surface area contributed by atoms with Crippen molar-refractivity contribution in [2.45, 2.75) is 32.2 Å². The maximum absolute atomic E-state index is 12.2. The van der Waals surface area contributed by atoms with Crippen LogP contribution < -0.4 is 15.5 Å². The van der Waals surface area contributed by atoms with Gasteiger partial charge in [-0.15, -0.1) is 11.3 Å².